The Morgan fingerprint density at radius 1 is 1.24 bits per heavy atom. The number of furan rings is 1. The van der Waals surface area contributed by atoms with E-state index in [0.717, 1.165) is 33.7 Å². The highest BCUT2D eigenvalue weighted by atomic mass is 79.9. The van der Waals surface area contributed by atoms with Crippen LogP contribution >= 0.6 is 15.9 Å². The lowest BCUT2D eigenvalue weighted by atomic mass is 10.1. The predicted octanol–water partition coefficient (Wildman–Crippen LogP) is 4.82. The van der Waals surface area contributed by atoms with Crippen LogP contribution in [0.15, 0.2) is 39.4 Å². The van der Waals surface area contributed by atoms with Crippen molar-refractivity contribution < 1.29 is 9.15 Å². The van der Waals surface area contributed by atoms with Crippen LogP contribution in [-0.4, -0.2) is 5.54 Å². The van der Waals surface area contributed by atoms with Gasteiger partial charge in [-0.25, -0.2) is 0 Å². The van der Waals surface area contributed by atoms with Gasteiger partial charge in [-0.05, 0) is 57.5 Å². The van der Waals surface area contributed by atoms with Crippen LogP contribution in [0.5, 0.6) is 5.75 Å². The summed E-state index contributed by atoms with van der Waals surface area (Å²) < 4.78 is 12.4. The molecule has 1 N–H and O–H groups in total. The van der Waals surface area contributed by atoms with E-state index in [0.29, 0.717) is 6.61 Å². The molecule has 21 heavy (non-hydrogen) atoms. The fourth-order valence-corrected chi connectivity index (χ4v) is 2.36. The molecule has 0 saturated carbocycles. The van der Waals surface area contributed by atoms with Gasteiger partial charge in [0.05, 0.1) is 6.26 Å². The van der Waals surface area contributed by atoms with E-state index in [1.54, 1.807) is 6.26 Å². The van der Waals surface area contributed by atoms with E-state index >= 15 is 0 Å². The summed E-state index contributed by atoms with van der Waals surface area (Å²) in [7, 11) is 0. The van der Waals surface area contributed by atoms with E-state index < -0.39 is 0 Å². The summed E-state index contributed by atoms with van der Waals surface area (Å²) in [5.74, 6) is 1.71. The van der Waals surface area contributed by atoms with E-state index in [1.807, 2.05) is 31.2 Å². The van der Waals surface area contributed by atoms with Crippen LogP contribution in [0, 0.1) is 6.92 Å². The van der Waals surface area contributed by atoms with Crippen LogP contribution in [0.4, 0.5) is 0 Å². The van der Waals surface area contributed by atoms with Crippen molar-refractivity contribution in [3.05, 3.63) is 51.9 Å². The molecule has 0 aliphatic rings. The molecule has 0 unspecified atom stereocenters. The van der Waals surface area contributed by atoms with Gasteiger partial charge in [-0.3, -0.25) is 0 Å². The molecule has 0 spiro atoms. The average molecular weight is 352 g/mol. The number of hydrogen-bond acceptors (Lipinski definition) is 3. The minimum Gasteiger partial charge on any atom is -0.485 e. The molecule has 0 aliphatic heterocycles. The Kier molecular flexibility index (Phi) is 5.12. The lowest BCUT2D eigenvalue weighted by Gasteiger charge is -2.19. The maximum Gasteiger partial charge on any atom is 0.146 e. The molecule has 1 aromatic carbocycles. The summed E-state index contributed by atoms with van der Waals surface area (Å²) >= 11 is 3.45. The van der Waals surface area contributed by atoms with Gasteiger partial charge in [0.15, 0.2) is 0 Å². The van der Waals surface area contributed by atoms with E-state index in [4.69, 9.17) is 9.15 Å². The molecule has 0 fully saturated rings. The zero-order valence-corrected chi connectivity index (χ0v) is 14.6. The highest BCUT2D eigenvalue weighted by molar-refractivity contribution is 9.10. The predicted molar refractivity (Wildman–Crippen MR) is 88.5 cm³/mol. The SMILES string of the molecule is Cc1cc(Br)ccc1OCc1cc(CNC(C)(C)C)co1. The number of hydrogen-bond donors (Lipinski definition) is 1. The Morgan fingerprint density at radius 3 is 2.67 bits per heavy atom. The van der Waals surface area contributed by atoms with Gasteiger partial charge in [0.25, 0.3) is 0 Å². The lowest BCUT2D eigenvalue weighted by molar-refractivity contribution is 0.268. The second kappa shape index (κ2) is 6.67. The van der Waals surface area contributed by atoms with Crippen LogP contribution in [-0.2, 0) is 13.2 Å². The standard InChI is InChI=1S/C17H22BrNO2/c1-12-7-14(18)5-6-16(12)21-11-15-8-13(10-20-15)9-19-17(2,3)4/h5-8,10,19H,9,11H2,1-4H3. The summed E-state index contributed by atoms with van der Waals surface area (Å²) in [4.78, 5) is 0. The van der Waals surface area contributed by atoms with Gasteiger partial charge < -0.3 is 14.5 Å². The van der Waals surface area contributed by atoms with Gasteiger partial charge in [-0.2, -0.15) is 0 Å². The van der Waals surface area contributed by atoms with Crippen molar-refractivity contribution in [2.24, 2.45) is 0 Å². The van der Waals surface area contributed by atoms with E-state index in [9.17, 15) is 0 Å². The number of aryl methyl sites for hydroxylation is 1. The molecule has 3 nitrogen and oxygen atoms in total. The molecule has 0 amide bonds. The van der Waals surface area contributed by atoms with E-state index in [2.05, 4.69) is 42.0 Å². The molecule has 114 valence electrons. The molecule has 2 rings (SSSR count). The average Bonchev–Trinajstić information content (AvgIpc) is 2.82. The van der Waals surface area contributed by atoms with Gasteiger partial charge in [-0.15, -0.1) is 0 Å². The Bertz CT molecular complexity index is 599. The van der Waals surface area contributed by atoms with Gasteiger partial charge in [0.1, 0.15) is 18.1 Å². The molecule has 2 aromatic rings. The van der Waals surface area contributed by atoms with Crippen LogP contribution in [0.1, 0.15) is 37.7 Å². The van der Waals surface area contributed by atoms with Gasteiger partial charge in [0.2, 0.25) is 0 Å². The van der Waals surface area contributed by atoms with Gasteiger partial charge in [0, 0.05) is 22.1 Å². The van der Waals surface area contributed by atoms with E-state index in [1.165, 1.54) is 0 Å². The quantitative estimate of drug-likeness (QED) is 0.838. The van der Waals surface area contributed by atoms with Crippen LogP contribution in [0.3, 0.4) is 0 Å². The minimum atomic E-state index is 0.0997. The molecule has 4 heteroatoms. The van der Waals surface area contributed by atoms with Crippen LogP contribution in [0.25, 0.3) is 0 Å². The third kappa shape index (κ3) is 5.21. The van der Waals surface area contributed by atoms with Crippen molar-refractivity contribution in [1.82, 2.24) is 5.32 Å². The molecular weight excluding hydrogens is 330 g/mol. The molecule has 1 heterocycles. The van der Waals surface area contributed by atoms with Gasteiger partial charge in [-0.1, -0.05) is 15.9 Å². The number of nitrogens with one attached hydrogen (secondary N) is 1. The summed E-state index contributed by atoms with van der Waals surface area (Å²) in [5.41, 5.74) is 2.34. The second-order valence-corrected chi connectivity index (χ2v) is 7.14. The number of rotatable bonds is 5. The highest BCUT2D eigenvalue weighted by Crippen LogP contribution is 2.23. The fourth-order valence-electron chi connectivity index (χ4n) is 1.89. The molecule has 0 saturated heterocycles. The Balaban J connectivity index is 1.90. The minimum absolute atomic E-state index is 0.0997. The van der Waals surface area contributed by atoms with E-state index in [-0.39, 0.29) is 5.54 Å². The molecule has 1 aromatic heterocycles. The molecule has 0 bridgehead atoms. The smallest absolute Gasteiger partial charge is 0.146 e. The largest absolute Gasteiger partial charge is 0.485 e. The third-order valence-electron chi connectivity index (χ3n) is 3.04. The van der Waals surface area contributed by atoms with Crippen LogP contribution in [0.2, 0.25) is 0 Å². The Labute approximate surface area is 134 Å². The van der Waals surface area contributed by atoms with Crippen LogP contribution < -0.4 is 10.1 Å². The summed E-state index contributed by atoms with van der Waals surface area (Å²) in [5, 5.41) is 3.43. The fraction of sp³-hybridized carbons (Fsp3) is 0.412. The normalized spacial score (nSPS) is 11.7. The highest BCUT2D eigenvalue weighted by Gasteiger charge is 2.10. The monoisotopic (exact) mass is 351 g/mol. The van der Waals surface area contributed by atoms with Crippen molar-refractivity contribution in [1.29, 1.82) is 0 Å². The molecule has 0 aliphatic carbocycles. The number of halogens is 1. The van der Waals surface area contributed by atoms with Gasteiger partial charge >= 0.3 is 0 Å². The van der Waals surface area contributed by atoms with Crippen molar-refractivity contribution in [2.45, 2.75) is 46.4 Å². The first-order chi connectivity index (χ1) is 9.83. The van der Waals surface area contributed by atoms with Crippen molar-refractivity contribution in [3.63, 3.8) is 0 Å². The van der Waals surface area contributed by atoms with Crippen molar-refractivity contribution >= 4 is 15.9 Å². The lowest BCUT2D eigenvalue weighted by Crippen LogP contribution is -2.34. The van der Waals surface area contributed by atoms with Crippen molar-refractivity contribution in [2.75, 3.05) is 0 Å². The Hall–Kier alpha value is -1.26. The topological polar surface area (TPSA) is 34.4 Å². The first-order valence-corrected chi connectivity index (χ1v) is 7.83. The zero-order chi connectivity index (χ0) is 15.5. The maximum atomic E-state index is 5.80. The second-order valence-electron chi connectivity index (χ2n) is 6.22. The Morgan fingerprint density at radius 2 is 2.00 bits per heavy atom. The molecule has 0 atom stereocenters. The maximum absolute atomic E-state index is 5.80. The zero-order valence-electron chi connectivity index (χ0n) is 13.0. The third-order valence-corrected chi connectivity index (χ3v) is 3.53. The first kappa shape index (κ1) is 16.1. The molecular formula is C17H22BrNO2. The summed E-state index contributed by atoms with van der Waals surface area (Å²) in [6.45, 7) is 9.71. The number of ether oxygens (including phenoxy) is 1. The summed E-state index contributed by atoms with van der Waals surface area (Å²) in [6.07, 6.45) is 1.78. The first-order valence-electron chi connectivity index (χ1n) is 7.04. The number of benzene rings is 1. The molecule has 0 radical (unpaired) electrons. The summed E-state index contributed by atoms with van der Waals surface area (Å²) in [6, 6.07) is 8.01. The van der Waals surface area contributed by atoms with Crippen molar-refractivity contribution in [3.8, 4) is 5.75 Å².